The summed E-state index contributed by atoms with van der Waals surface area (Å²) in [5.41, 5.74) is 2.33. The van der Waals surface area contributed by atoms with Crippen molar-refractivity contribution in [3.8, 4) is 0 Å². The van der Waals surface area contributed by atoms with Gasteiger partial charge in [-0.25, -0.2) is 4.39 Å². The van der Waals surface area contributed by atoms with E-state index in [1.54, 1.807) is 12.1 Å². The highest BCUT2D eigenvalue weighted by atomic mass is 79.9. The van der Waals surface area contributed by atoms with E-state index in [2.05, 4.69) is 52.4 Å². The lowest BCUT2D eigenvalue weighted by atomic mass is 9.92. The molecule has 0 saturated heterocycles. The molecule has 0 radical (unpaired) electrons. The molecule has 0 aliphatic rings. The van der Waals surface area contributed by atoms with Crippen LogP contribution >= 0.6 is 15.9 Å². The number of halogens is 2. The summed E-state index contributed by atoms with van der Waals surface area (Å²) < 4.78 is 14.6. The van der Waals surface area contributed by atoms with Crippen LogP contribution in [0.1, 0.15) is 30.4 Å². The monoisotopic (exact) mass is 349 g/mol. The highest BCUT2D eigenvalue weighted by Gasteiger charge is 2.13. The third-order valence-electron chi connectivity index (χ3n) is 3.53. The Morgan fingerprint density at radius 2 is 1.90 bits per heavy atom. The van der Waals surface area contributed by atoms with Crippen molar-refractivity contribution in [3.63, 3.8) is 0 Å². The predicted molar refractivity (Wildman–Crippen MR) is 90.1 cm³/mol. The Balaban J connectivity index is 2.13. The van der Waals surface area contributed by atoms with Crippen LogP contribution in [-0.2, 0) is 6.42 Å². The number of hydrogen-bond donors (Lipinski definition) is 1. The average Bonchev–Trinajstić information content (AvgIpc) is 2.48. The first-order chi connectivity index (χ1) is 10.2. The van der Waals surface area contributed by atoms with Gasteiger partial charge in [0, 0.05) is 16.9 Å². The Bertz CT molecular complexity index is 553. The van der Waals surface area contributed by atoms with Crippen LogP contribution in [0.15, 0.2) is 53.0 Å². The molecule has 1 atom stereocenters. The van der Waals surface area contributed by atoms with E-state index in [4.69, 9.17) is 0 Å². The van der Waals surface area contributed by atoms with E-state index in [9.17, 15) is 4.39 Å². The molecular formula is C18H21BrFN. The summed E-state index contributed by atoms with van der Waals surface area (Å²) in [5, 5.41) is 3.45. The summed E-state index contributed by atoms with van der Waals surface area (Å²) in [5.74, 6) is 0.122. The Morgan fingerprint density at radius 1 is 1.14 bits per heavy atom. The first kappa shape index (κ1) is 16.2. The van der Waals surface area contributed by atoms with Crippen LogP contribution in [0, 0.1) is 5.82 Å². The lowest BCUT2D eigenvalue weighted by Gasteiger charge is -2.18. The molecule has 1 unspecified atom stereocenters. The largest absolute Gasteiger partial charge is 0.316 e. The van der Waals surface area contributed by atoms with Crippen molar-refractivity contribution >= 4 is 15.9 Å². The molecule has 1 nitrogen and oxygen atoms in total. The summed E-state index contributed by atoms with van der Waals surface area (Å²) >= 11 is 3.46. The Hall–Kier alpha value is -1.19. The standard InChI is InChI=1S/C18H21BrFN/c1-2-10-21-13-16(15-4-3-5-18(20)12-15)11-14-6-8-17(19)9-7-14/h3-9,12,16,21H,2,10-11,13H2,1H3. The van der Waals surface area contributed by atoms with E-state index in [1.165, 1.54) is 11.6 Å². The molecule has 0 saturated carbocycles. The van der Waals surface area contributed by atoms with Crippen LogP contribution in [0.2, 0.25) is 0 Å². The van der Waals surface area contributed by atoms with Crippen molar-refractivity contribution in [2.75, 3.05) is 13.1 Å². The quantitative estimate of drug-likeness (QED) is 0.700. The van der Waals surface area contributed by atoms with Gasteiger partial charge in [0.1, 0.15) is 5.82 Å². The van der Waals surface area contributed by atoms with Crippen molar-refractivity contribution in [1.29, 1.82) is 0 Å². The molecule has 21 heavy (non-hydrogen) atoms. The molecular weight excluding hydrogens is 329 g/mol. The summed E-state index contributed by atoms with van der Waals surface area (Å²) in [6, 6.07) is 15.3. The lowest BCUT2D eigenvalue weighted by Crippen LogP contribution is -2.23. The van der Waals surface area contributed by atoms with Gasteiger partial charge in [-0.15, -0.1) is 0 Å². The summed E-state index contributed by atoms with van der Waals surface area (Å²) in [7, 11) is 0. The zero-order valence-electron chi connectivity index (χ0n) is 12.3. The molecule has 0 aliphatic carbocycles. The lowest BCUT2D eigenvalue weighted by molar-refractivity contribution is 0.569. The van der Waals surface area contributed by atoms with E-state index < -0.39 is 0 Å². The molecule has 0 fully saturated rings. The highest BCUT2D eigenvalue weighted by molar-refractivity contribution is 9.10. The number of hydrogen-bond acceptors (Lipinski definition) is 1. The van der Waals surface area contributed by atoms with Crippen LogP contribution in [0.4, 0.5) is 4.39 Å². The van der Waals surface area contributed by atoms with Gasteiger partial charge in [0.05, 0.1) is 0 Å². The van der Waals surface area contributed by atoms with Gasteiger partial charge >= 0.3 is 0 Å². The van der Waals surface area contributed by atoms with Crippen LogP contribution < -0.4 is 5.32 Å². The molecule has 2 aromatic rings. The minimum atomic E-state index is -0.163. The summed E-state index contributed by atoms with van der Waals surface area (Å²) in [6.07, 6.45) is 2.02. The van der Waals surface area contributed by atoms with Crippen LogP contribution in [-0.4, -0.2) is 13.1 Å². The summed E-state index contributed by atoms with van der Waals surface area (Å²) in [6.45, 7) is 4.01. The fourth-order valence-corrected chi connectivity index (χ4v) is 2.69. The van der Waals surface area contributed by atoms with E-state index in [0.717, 1.165) is 36.0 Å². The predicted octanol–water partition coefficient (Wildman–Crippen LogP) is 4.91. The second-order valence-electron chi connectivity index (χ2n) is 5.29. The molecule has 0 aliphatic heterocycles. The molecule has 2 rings (SSSR count). The van der Waals surface area contributed by atoms with Gasteiger partial charge in [0.15, 0.2) is 0 Å². The fourth-order valence-electron chi connectivity index (χ4n) is 2.43. The van der Waals surface area contributed by atoms with Crippen molar-refractivity contribution in [1.82, 2.24) is 5.32 Å². The minimum absolute atomic E-state index is 0.163. The number of benzene rings is 2. The maximum absolute atomic E-state index is 13.5. The first-order valence-electron chi connectivity index (χ1n) is 7.39. The van der Waals surface area contributed by atoms with Crippen molar-refractivity contribution < 1.29 is 4.39 Å². The second kappa shape index (κ2) is 8.30. The highest BCUT2D eigenvalue weighted by Crippen LogP contribution is 2.22. The van der Waals surface area contributed by atoms with E-state index in [0.29, 0.717) is 0 Å². The third-order valence-corrected chi connectivity index (χ3v) is 4.06. The molecule has 0 heterocycles. The zero-order valence-corrected chi connectivity index (χ0v) is 13.9. The van der Waals surface area contributed by atoms with Gasteiger partial charge in [-0.2, -0.15) is 0 Å². The van der Waals surface area contributed by atoms with E-state index >= 15 is 0 Å². The molecule has 0 bridgehead atoms. The SMILES string of the molecule is CCCNCC(Cc1ccc(Br)cc1)c1cccc(F)c1. The van der Waals surface area contributed by atoms with Gasteiger partial charge in [-0.3, -0.25) is 0 Å². The second-order valence-corrected chi connectivity index (χ2v) is 6.20. The molecule has 2 aromatic carbocycles. The molecule has 0 aromatic heterocycles. The van der Waals surface area contributed by atoms with Gasteiger partial charge < -0.3 is 5.32 Å². The van der Waals surface area contributed by atoms with Gasteiger partial charge in [0.25, 0.3) is 0 Å². The van der Waals surface area contributed by atoms with Crippen molar-refractivity contribution in [2.45, 2.75) is 25.7 Å². The van der Waals surface area contributed by atoms with E-state index in [1.807, 2.05) is 6.07 Å². The van der Waals surface area contributed by atoms with Gasteiger partial charge in [-0.05, 0) is 54.8 Å². The maximum Gasteiger partial charge on any atom is 0.123 e. The van der Waals surface area contributed by atoms with Crippen LogP contribution in [0.3, 0.4) is 0 Å². The smallest absolute Gasteiger partial charge is 0.123 e. The Labute approximate surface area is 134 Å². The van der Waals surface area contributed by atoms with Crippen molar-refractivity contribution in [2.24, 2.45) is 0 Å². The van der Waals surface area contributed by atoms with Gasteiger partial charge in [-0.1, -0.05) is 47.1 Å². The Morgan fingerprint density at radius 3 is 2.57 bits per heavy atom. The molecule has 0 amide bonds. The molecule has 1 N–H and O–H groups in total. The fraction of sp³-hybridized carbons (Fsp3) is 0.333. The first-order valence-corrected chi connectivity index (χ1v) is 8.19. The third kappa shape index (κ3) is 5.25. The minimum Gasteiger partial charge on any atom is -0.316 e. The summed E-state index contributed by atoms with van der Waals surface area (Å²) in [4.78, 5) is 0. The van der Waals surface area contributed by atoms with E-state index in [-0.39, 0.29) is 11.7 Å². The van der Waals surface area contributed by atoms with Crippen molar-refractivity contribution in [3.05, 3.63) is 69.9 Å². The maximum atomic E-state index is 13.5. The topological polar surface area (TPSA) is 12.0 Å². The number of nitrogens with one attached hydrogen (secondary N) is 1. The average molecular weight is 350 g/mol. The Kier molecular flexibility index (Phi) is 6.40. The number of rotatable bonds is 7. The van der Waals surface area contributed by atoms with Crippen LogP contribution in [0.25, 0.3) is 0 Å². The zero-order chi connectivity index (χ0) is 15.1. The molecule has 3 heteroatoms. The normalized spacial score (nSPS) is 12.3. The molecule has 112 valence electrons. The van der Waals surface area contributed by atoms with Gasteiger partial charge in [0.2, 0.25) is 0 Å². The van der Waals surface area contributed by atoms with Crippen LogP contribution in [0.5, 0.6) is 0 Å². The molecule has 0 spiro atoms.